The van der Waals surface area contributed by atoms with E-state index in [4.69, 9.17) is 11.6 Å². The van der Waals surface area contributed by atoms with Crippen LogP contribution in [0.5, 0.6) is 0 Å². The molecule has 0 radical (unpaired) electrons. The average Bonchev–Trinajstić information content (AvgIpc) is 2.95. The molecule has 1 aliphatic heterocycles. The van der Waals surface area contributed by atoms with E-state index in [9.17, 15) is 19.2 Å². The summed E-state index contributed by atoms with van der Waals surface area (Å²) in [6, 6.07) is 13.2. The molecule has 9 nitrogen and oxygen atoms in total. The van der Waals surface area contributed by atoms with Gasteiger partial charge in [-0.3, -0.25) is 19.2 Å². The number of nitrogens with one attached hydrogen (secondary N) is 3. The maximum atomic E-state index is 13.7. The van der Waals surface area contributed by atoms with Gasteiger partial charge in [-0.05, 0) is 56.0 Å². The molecule has 0 bridgehead atoms. The average molecular weight is 596 g/mol. The van der Waals surface area contributed by atoms with Crippen LogP contribution in [0.15, 0.2) is 60.9 Å². The molecule has 10 heteroatoms. The molecule has 0 aliphatic carbocycles. The third kappa shape index (κ3) is 8.90. The first-order valence-electron chi connectivity index (χ1n) is 14.2. The second kappa shape index (κ2) is 14.5. The molecular weight excluding hydrogens is 554 g/mol. The molecule has 3 rings (SSSR count). The molecule has 0 saturated carbocycles. The smallest absolute Gasteiger partial charge is 0.250 e. The SMILES string of the molecule is CN[C@@H](C)C(=O)N[C@H](C(=O)NCC(=O)N1C=CN(CCc2ccc(Cl)cc2)C(=O)[C@@H]1Cc1ccc(C)cc1)C(C)(C)C. The standard InChI is InChI=1S/C32H42ClN5O4/c1-21-7-9-24(10-8-21)19-26-31(42)37(16-15-23-11-13-25(33)14-12-23)17-18-38(26)27(39)20-35-30(41)28(32(3,4)5)36-29(40)22(2)34-6/h7-14,17-18,22,26,28,34H,15-16,19-20H2,1-6H3,(H,35,41)(H,36,40)/t22-,26-,28+/m0/s1. The number of rotatable bonds is 11. The predicted molar refractivity (Wildman–Crippen MR) is 164 cm³/mol. The molecule has 0 spiro atoms. The maximum Gasteiger partial charge on any atom is 0.250 e. The van der Waals surface area contributed by atoms with Crippen molar-refractivity contribution >= 4 is 35.2 Å². The normalized spacial score (nSPS) is 16.6. The van der Waals surface area contributed by atoms with E-state index >= 15 is 0 Å². The first kappa shape index (κ1) is 32.8. The van der Waals surface area contributed by atoms with Gasteiger partial charge in [-0.1, -0.05) is 74.3 Å². The molecule has 0 fully saturated rings. The van der Waals surface area contributed by atoms with Crippen molar-refractivity contribution in [3.8, 4) is 0 Å². The topological polar surface area (TPSA) is 111 Å². The summed E-state index contributed by atoms with van der Waals surface area (Å²) in [7, 11) is 1.66. The van der Waals surface area contributed by atoms with Crippen molar-refractivity contribution in [2.24, 2.45) is 5.41 Å². The Morgan fingerprint density at radius 3 is 2.17 bits per heavy atom. The van der Waals surface area contributed by atoms with Crippen LogP contribution >= 0.6 is 11.6 Å². The van der Waals surface area contributed by atoms with Crippen LogP contribution in [0, 0.1) is 12.3 Å². The minimum Gasteiger partial charge on any atom is -0.345 e. The van der Waals surface area contributed by atoms with Crippen molar-refractivity contribution in [1.29, 1.82) is 0 Å². The van der Waals surface area contributed by atoms with Crippen LogP contribution in [0.3, 0.4) is 0 Å². The molecule has 1 heterocycles. The summed E-state index contributed by atoms with van der Waals surface area (Å²) in [4.78, 5) is 55.8. The fourth-order valence-electron chi connectivity index (χ4n) is 4.55. The van der Waals surface area contributed by atoms with Crippen LogP contribution in [0.4, 0.5) is 0 Å². The number of hydrogen-bond acceptors (Lipinski definition) is 5. The zero-order chi connectivity index (χ0) is 31.0. The van der Waals surface area contributed by atoms with Gasteiger partial charge >= 0.3 is 0 Å². The van der Waals surface area contributed by atoms with Gasteiger partial charge in [0.05, 0.1) is 12.6 Å². The lowest BCUT2D eigenvalue weighted by Gasteiger charge is -2.36. The van der Waals surface area contributed by atoms with Crippen LogP contribution in [-0.2, 0) is 32.0 Å². The summed E-state index contributed by atoms with van der Waals surface area (Å²) in [5, 5.41) is 8.97. The van der Waals surface area contributed by atoms with E-state index in [0.717, 1.165) is 16.7 Å². The molecule has 3 N–H and O–H groups in total. The molecule has 226 valence electrons. The molecule has 0 unspecified atom stereocenters. The van der Waals surface area contributed by atoms with Gasteiger partial charge in [0.1, 0.15) is 12.1 Å². The highest BCUT2D eigenvalue weighted by molar-refractivity contribution is 6.30. The summed E-state index contributed by atoms with van der Waals surface area (Å²) in [5.41, 5.74) is 2.46. The van der Waals surface area contributed by atoms with Crippen LogP contribution < -0.4 is 16.0 Å². The molecular formula is C32H42ClN5O4. The van der Waals surface area contributed by atoms with Gasteiger partial charge in [-0.2, -0.15) is 0 Å². The molecule has 2 aromatic rings. The van der Waals surface area contributed by atoms with Crippen molar-refractivity contribution in [2.75, 3.05) is 20.1 Å². The van der Waals surface area contributed by atoms with Crippen LogP contribution in [0.1, 0.15) is 44.4 Å². The zero-order valence-corrected chi connectivity index (χ0v) is 26.0. The van der Waals surface area contributed by atoms with Crippen molar-refractivity contribution in [2.45, 2.75) is 65.6 Å². The molecule has 42 heavy (non-hydrogen) atoms. The van der Waals surface area contributed by atoms with Crippen LogP contribution in [0.2, 0.25) is 5.02 Å². The second-order valence-corrected chi connectivity index (χ2v) is 12.2. The Labute approximate surface area is 253 Å². The van der Waals surface area contributed by atoms with Gasteiger partial charge in [-0.25, -0.2) is 0 Å². The number of likely N-dealkylation sites (N-methyl/N-ethyl adjacent to an activating group) is 1. The highest BCUT2D eigenvalue weighted by atomic mass is 35.5. The van der Waals surface area contributed by atoms with Gasteiger partial charge in [0, 0.05) is 30.4 Å². The second-order valence-electron chi connectivity index (χ2n) is 11.7. The predicted octanol–water partition coefficient (Wildman–Crippen LogP) is 3.20. The Morgan fingerprint density at radius 1 is 0.952 bits per heavy atom. The van der Waals surface area contributed by atoms with E-state index in [1.165, 1.54) is 4.90 Å². The number of benzene rings is 2. The third-order valence-electron chi connectivity index (χ3n) is 7.36. The van der Waals surface area contributed by atoms with Crippen molar-refractivity contribution in [1.82, 2.24) is 25.8 Å². The Hall–Kier alpha value is -3.69. The van der Waals surface area contributed by atoms with E-state index in [1.54, 1.807) is 31.3 Å². The Bertz CT molecular complexity index is 1290. The molecule has 3 atom stereocenters. The van der Waals surface area contributed by atoms with Crippen LogP contribution in [-0.4, -0.2) is 71.7 Å². The Morgan fingerprint density at radius 2 is 1.57 bits per heavy atom. The van der Waals surface area contributed by atoms with Gasteiger partial charge in [-0.15, -0.1) is 0 Å². The number of aryl methyl sites for hydroxylation is 1. The van der Waals surface area contributed by atoms with E-state index in [1.807, 2.05) is 76.2 Å². The lowest BCUT2D eigenvalue weighted by molar-refractivity contribution is -0.143. The maximum absolute atomic E-state index is 13.7. The number of amides is 4. The van der Waals surface area contributed by atoms with Gasteiger partial charge in [0.25, 0.3) is 0 Å². The van der Waals surface area contributed by atoms with E-state index in [-0.39, 0.29) is 18.4 Å². The van der Waals surface area contributed by atoms with Gasteiger partial charge in [0.15, 0.2) is 0 Å². The lowest BCUT2D eigenvalue weighted by Crippen LogP contribution is -2.58. The van der Waals surface area contributed by atoms with Crippen molar-refractivity contribution < 1.29 is 19.2 Å². The lowest BCUT2D eigenvalue weighted by atomic mass is 9.86. The first-order valence-corrected chi connectivity index (χ1v) is 14.5. The minimum absolute atomic E-state index is 0.201. The first-order chi connectivity index (χ1) is 19.8. The monoisotopic (exact) mass is 595 g/mol. The highest BCUT2D eigenvalue weighted by Gasteiger charge is 2.37. The molecule has 0 saturated heterocycles. The van der Waals surface area contributed by atoms with Gasteiger partial charge < -0.3 is 25.8 Å². The number of carbonyl (C=O) groups is 4. The number of carbonyl (C=O) groups excluding carboxylic acids is 4. The third-order valence-corrected chi connectivity index (χ3v) is 7.61. The van der Waals surface area contributed by atoms with E-state index in [0.29, 0.717) is 24.4 Å². The molecule has 4 amide bonds. The fraction of sp³-hybridized carbons (Fsp3) is 0.438. The van der Waals surface area contributed by atoms with Crippen molar-refractivity contribution in [3.05, 3.63) is 82.6 Å². The zero-order valence-electron chi connectivity index (χ0n) is 25.2. The number of hydrogen-bond donors (Lipinski definition) is 3. The molecule has 0 aromatic heterocycles. The summed E-state index contributed by atoms with van der Waals surface area (Å²) in [5.74, 6) is -1.42. The van der Waals surface area contributed by atoms with E-state index < -0.39 is 35.4 Å². The molecule has 2 aromatic carbocycles. The van der Waals surface area contributed by atoms with E-state index in [2.05, 4.69) is 16.0 Å². The Kier molecular flexibility index (Phi) is 11.3. The minimum atomic E-state index is -0.862. The summed E-state index contributed by atoms with van der Waals surface area (Å²) in [6.45, 7) is 9.32. The molecule has 1 aliphatic rings. The fourth-order valence-corrected chi connectivity index (χ4v) is 4.67. The summed E-state index contributed by atoms with van der Waals surface area (Å²) >= 11 is 6.00. The van der Waals surface area contributed by atoms with Crippen LogP contribution in [0.25, 0.3) is 0 Å². The number of halogens is 1. The Balaban J connectivity index is 1.75. The number of nitrogens with zero attached hydrogens (tertiary/aromatic N) is 2. The van der Waals surface area contributed by atoms with Gasteiger partial charge in [0.2, 0.25) is 23.6 Å². The van der Waals surface area contributed by atoms with Crippen molar-refractivity contribution in [3.63, 3.8) is 0 Å². The summed E-state index contributed by atoms with van der Waals surface area (Å²) < 4.78 is 0. The summed E-state index contributed by atoms with van der Waals surface area (Å²) in [6.07, 6.45) is 4.17. The quantitative estimate of drug-likeness (QED) is 0.370. The largest absolute Gasteiger partial charge is 0.345 e. The highest BCUT2D eigenvalue weighted by Crippen LogP contribution is 2.21.